The van der Waals surface area contributed by atoms with E-state index in [-0.39, 0.29) is 4.90 Å². The van der Waals surface area contributed by atoms with Crippen LogP contribution in [0, 0.1) is 0 Å². The second-order valence-electron chi connectivity index (χ2n) is 2.57. The first-order chi connectivity index (χ1) is 6.20. The number of hydrogen-bond donors (Lipinski definition) is 0. The normalized spacial score (nSPS) is 17.8. The van der Waals surface area contributed by atoms with Crippen LogP contribution in [0.25, 0.3) is 6.08 Å². The molecule has 0 N–H and O–H groups in total. The molecule has 0 bridgehead atoms. The van der Waals surface area contributed by atoms with Gasteiger partial charge in [-0.15, -0.1) is 0 Å². The molecule has 0 amide bonds. The third-order valence-corrected chi connectivity index (χ3v) is 2.98. The number of fused-ring (bicyclic) bond motifs is 1. The number of benzene rings is 1. The third kappa shape index (κ3) is 1.40. The van der Waals surface area contributed by atoms with E-state index >= 15 is 0 Å². The molecule has 4 heteroatoms. The van der Waals surface area contributed by atoms with Crippen LogP contribution in [0.2, 0.25) is 0 Å². The van der Waals surface area contributed by atoms with E-state index in [4.69, 9.17) is 0 Å². The molecule has 2 rings (SSSR count). The highest BCUT2D eigenvalue weighted by molar-refractivity contribution is 7.90. The Morgan fingerprint density at radius 1 is 1.23 bits per heavy atom. The van der Waals surface area contributed by atoms with Crippen molar-refractivity contribution in [2.75, 3.05) is 0 Å². The molecule has 0 spiro atoms. The van der Waals surface area contributed by atoms with Crippen molar-refractivity contribution in [2.24, 2.45) is 4.40 Å². The highest BCUT2D eigenvalue weighted by Crippen LogP contribution is 2.20. The average Bonchev–Trinajstić information content (AvgIpc) is 2.26. The van der Waals surface area contributed by atoms with E-state index in [0.717, 1.165) is 0 Å². The van der Waals surface area contributed by atoms with E-state index in [1.165, 1.54) is 12.1 Å². The third-order valence-electron chi connectivity index (χ3n) is 1.71. The Morgan fingerprint density at radius 2 is 2.00 bits per heavy atom. The van der Waals surface area contributed by atoms with E-state index in [2.05, 4.69) is 10.6 Å². The molecule has 0 aliphatic carbocycles. The molecule has 0 aromatic heterocycles. The predicted molar refractivity (Wildman–Crippen MR) is 50.1 cm³/mol. The quantitative estimate of drug-likeness (QED) is 0.623. The summed E-state index contributed by atoms with van der Waals surface area (Å²) in [6.07, 6.45) is 5.50. The van der Waals surface area contributed by atoms with Gasteiger partial charge in [-0.05, 0) is 17.7 Å². The van der Waals surface area contributed by atoms with Crippen LogP contribution in [-0.4, -0.2) is 14.6 Å². The number of rotatable bonds is 0. The maximum Gasteiger partial charge on any atom is 0.283 e. The zero-order valence-corrected chi connectivity index (χ0v) is 7.45. The lowest BCUT2D eigenvalue weighted by Crippen LogP contribution is -1.97. The number of hydrogen-bond acceptors (Lipinski definition) is 2. The Hall–Kier alpha value is -1.42. The molecule has 1 aromatic rings. The highest BCUT2D eigenvalue weighted by Gasteiger charge is 2.16. The summed E-state index contributed by atoms with van der Waals surface area (Å²) < 4.78 is 26.2. The van der Waals surface area contributed by atoms with Gasteiger partial charge in [0, 0.05) is 0 Å². The largest absolute Gasteiger partial charge is 0.283 e. The topological polar surface area (TPSA) is 46.5 Å². The number of nitrogens with zero attached hydrogens (tertiary/aromatic N) is 1. The van der Waals surface area contributed by atoms with Crippen molar-refractivity contribution in [3.05, 3.63) is 35.9 Å². The molecule has 0 fully saturated rings. The standard InChI is InChI=1S/C9H6NO2S/c11-13(12)9-6-2-1-4-8(9)5-3-7-10-13/h1-6H. The fourth-order valence-electron chi connectivity index (χ4n) is 1.13. The highest BCUT2D eigenvalue weighted by atomic mass is 32.2. The second-order valence-corrected chi connectivity index (χ2v) is 4.14. The Morgan fingerprint density at radius 3 is 2.85 bits per heavy atom. The van der Waals surface area contributed by atoms with Crippen LogP contribution in [0.4, 0.5) is 0 Å². The summed E-state index contributed by atoms with van der Waals surface area (Å²) in [5.41, 5.74) is 0.649. The van der Waals surface area contributed by atoms with Gasteiger partial charge in [0.25, 0.3) is 10.0 Å². The van der Waals surface area contributed by atoms with Crippen molar-refractivity contribution in [1.82, 2.24) is 0 Å². The van der Waals surface area contributed by atoms with E-state index in [1.807, 2.05) is 0 Å². The van der Waals surface area contributed by atoms with Gasteiger partial charge in [-0.1, -0.05) is 24.3 Å². The van der Waals surface area contributed by atoms with Crippen LogP contribution in [-0.2, 0) is 10.0 Å². The Balaban J connectivity index is 2.79. The minimum Gasteiger partial charge on any atom is -0.199 e. The van der Waals surface area contributed by atoms with Crippen molar-refractivity contribution >= 4 is 22.3 Å². The Kier molecular flexibility index (Phi) is 1.77. The summed E-state index contributed by atoms with van der Waals surface area (Å²) in [6.45, 7) is 0. The summed E-state index contributed by atoms with van der Waals surface area (Å²) in [7, 11) is -3.53. The average molecular weight is 192 g/mol. The summed E-state index contributed by atoms with van der Waals surface area (Å²) in [6, 6.07) is 6.71. The minimum absolute atomic E-state index is 0.233. The molecule has 0 saturated carbocycles. The van der Waals surface area contributed by atoms with Crippen LogP contribution in [0.1, 0.15) is 5.56 Å². The molecular weight excluding hydrogens is 186 g/mol. The number of sulfonamides is 1. The van der Waals surface area contributed by atoms with Gasteiger partial charge in [0.05, 0.1) is 4.90 Å². The summed E-state index contributed by atoms with van der Waals surface area (Å²) >= 11 is 0. The molecule has 0 saturated heterocycles. The first kappa shape index (κ1) is 8.19. The lowest BCUT2D eigenvalue weighted by Gasteiger charge is -1.99. The lowest BCUT2D eigenvalue weighted by atomic mass is 10.2. The van der Waals surface area contributed by atoms with Crippen LogP contribution >= 0.6 is 0 Å². The molecule has 3 nitrogen and oxygen atoms in total. The van der Waals surface area contributed by atoms with Crippen molar-refractivity contribution in [3.8, 4) is 0 Å². The smallest absolute Gasteiger partial charge is 0.199 e. The molecule has 1 aliphatic rings. The van der Waals surface area contributed by atoms with E-state index in [0.29, 0.717) is 5.56 Å². The van der Waals surface area contributed by atoms with Gasteiger partial charge < -0.3 is 0 Å². The molecule has 1 radical (unpaired) electrons. The van der Waals surface area contributed by atoms with E-state index in [1.54, 1.807) is 24.3 Å². The summed E-state index contributed by atoms with van der Waals surface area (Å²) in [5.74, 6) is 0. The Bertz CT molecular complexity index is 486. The van der Waals surface area contributed by atoms with Crippen molar-refractivity contribution < 1.29 is 8.42 Å². The first-order valence-electron chi connectivity index (χ1n) is 3.68. The fraction of sp³-hybridized carbons (Fsp3) is 0. The summed E-state index contributed by atoms with van der Waals surface area (Å²) in [4.78, 5) is 0.233. The maximum absolute atomic E-state index is 11.4. The molecule has 0 unspecified atom stereocenters. The van der Waals surface area contributed by atoms with Gasteiger partial charge in [0.2, 0.25) is 0 Å². The van der Waals surface area contributed by atoms with Crippen molar-refractivity contribution in [3.63, 3.8) is 0 Å². The van der Waals surface area contributed by atoms with Gasteiger partial charge in [0.15, 0.2) is 0 Å². The molecule has 1 aliphatic heterocycles. The van der Waals surface area contributed by atoms with Crippen LogP contribution in [0.3, 0.4) is 0 Å². The zero-order chi connectivity index (χ0) is 9.31. The van der Waals surface area contributed by atoms with Gasteiger partial charge in [-0.2, -0.15) is 12.8 Å². The lowest BCUT2D eigenvalue weighted by molar-refractivity contribution is 0.598. The summed E-state index contributed by atoms with van der Waals surface area (Å²) in [5, 5.41) is 0. The van der Waals surface area contributed by atoms with Crippen molar-refractivity contribution in [2.45, 2.75) is 4.90 Å². The van der Waals surface area contributed by atoms with Gasteiger partial charge in [0.1, 0.15) is 6.21 Å². The van der Waals surface area contributed by atoms with Gasteiger partial charge in [-0.3, -0.25) is 0 Å². The molecule has 13 heavy (non-hydrogen) atoms. The SMILES string of the molecule is O=S1(=O)N=[C]C=Cc2ccccc21. The molecule has 1 aromatic carbocycles. The first-order valence-corrected chi connectivity index (χ1v) is 5.12. The predicted octanol–water partition coefficient (Wildman–Crippen LogP) is 1.35. The van der Waals surface area contributed by atoms with E-state index in [9.17, 15) is 8.42 Å². The Labute approximate surface area is 76.5 Å². The second kappa shape index (κ2) is 2.81. The van der Waals surface area contributed by atoms with Crippen LogP contribution < -0.4 is 0 Å². The molecular formula is C9H6NO2S. The number of allylic oxidation sites excluding steroid dienone is 1. The zero-order valence-electron chi connectivity index (χ0n) is 6.64. The van der Waals surface area contributed by atoms with E-state index < -0.39 is 10.0 Å². The molecule has 65 valence electrons. The van der Waals surface area contributed by atoms with Gasteiger partial charge >= 0.3 is 0 Å². The van der Waals surface area contributed by atoms with Gasteiger partial charge in [-0.25, -0.2) is 0 Å². The van der Waals surface area contributed by atoms with Crippen molar-refractivity contribution in [1.29, 1.82) is 0 Å². The fourth-order valence-corrected chi connectivity index (χ4v) is 2.11. The monoisotopic (exact) mass is 192 g/mol. The van der Waals surface area contributed by atoms with Crippen LogP contribution in [0.5, 0.6) is 0 Å². The minimum atomic E-state index is -3.53. The molecule has 1 heterocycles. The maximum atomic E-state index is 11.4. The van der Waals surface area contributed by atoms with Crippen LogP contribution in [0.15, 0.2) is 39.6 Å². The molecule has 0 atom stereocenters.